The topological polar surface area (TPSA) is 73.6 Å². The van der Waals surface area contributed by atoms with Crippen molar-refractivity contribution in [1.29, 1.82) is 5.26 Å². The zero-order valence-electron chi connectivity index (χ0n) is 15.2. The molecule has 0 amide bonds. The Labute approximate surface area is 151 Å². The maximum Gasteiger partial charge on any atom is 0.243 e. The van der Waals surface area contributed by atoms with Crippen LogP contribution in [0.1, 0.15) is 30.9 Å². The van der Waals surface area contributed by atoms with E-state index in [1.54, 1.807) is 30.5 Å². The highest BCUT2D eigenvalue weighted by molar-refractivity contribution is 7.89. The van der Waals surface area contributed by atoms with Gasteiger partial charge in [-0.3, -0.25) is 4.90 Å². The lowest BCUT2D eigenvalue weighted by atomic mass is 10.1. The molecule has 1 unspecified atom stereocenters. The second-order valence-corrected chi connectivity index (χ2v) is 8.36. The summed E-state index contributed by atoms with van der Waals surface area (Å²) in [5.41, 5.74) is 1.19. The number of benzene rings is 1. The highest BCUT2D eigenvalue weighted by atomic mass is 32.2. The number of rotatable bonds is 7. The number of methoxy groups -OCH3 is 1. The number of sulfonamides is 1. The monoisotopic (exact) mass is 365 g/mol. The second-order valence-electron chi connectivity index (χ2n) is 6.42. The average molecular weight is 365 g/mol. The zero-order valence-corrected chi connectivity index (χ0v) is 16.1. The fraction of sp³-hybridized carbons (Fsp3) is 0.611. The minimum absolute atomic E-state index is 0.211. The van der Waals surface area contributed by atoms with Crippen LogP contribution < -0.4 is 0 Å². The van der Waals surface area contributed by atoms with Crippen molar-refractivity contribution in [3.8, 4) is 6.07 Å². The third-order valence-electron chi connectivity index (χ3n) is 4.73. The van der Waals surface area contributed by atoms with Crippen LogP contribution in [0.2, 0.25) is 0 Å². The highest BCUT2D eigenvalue weighted by Crippen LogP contribution is 2.23. The Hall–Kier alpha value is -1.46. The van der Waals surface area contributed by atoms with Gasteiger partial charge in [0.05, 0.1) is 23.1 Å². The fourth-order valence-corrected chi connectivity index (χ4v) is 4.82. The van der Waals surface area contributed by atoms with Gasteiger partial charge in [0, 0.05) is 39.3 Å². The molecule has 0 aliphatic carbocycles. The van der Waals surface area contributed by atoms with Crippen molar-refractivity contribution in [3.05, 3.63) is 29.3 Å². The van der Waals surface area contributed by atoms with Crippen LogP contribution >= 0.6 is 0 Å². The van der Waals surface area contributed by atoms with Gasteiger partial charge in [-0.15, -0.1) is 0 Å². The molecule has 1 saturated heterocycles. The summed E-state index contributed by atoms with van der Waals surface area (Å²) < 4.78 is 32.8. The van der Waals surface area contributed by atoms with Gasteiger partial charge < -0.3 is 4.74 Å². The van der Waals surface area contributed by atoms with E-state index >= 15 is 0 Å². The first-order chi connectivity index (χ1) is 11.9. The summed E-state index contributed by atoms with van der Waals surface area (Å²) >= 11 is 0. The normalized spacial score (nSPS) is 19.7. The SMILES string of the molecule is CCCC1CN(S(=O)(=O)c2ccc(C#N)c(C)c2)CCN1CCOC. The Kier molecular flexibility index (Phi) is 6.96. The average Bonchev–Trinajstić information content (AvgIpc) is 2.60. The van der Waals surface area contributed by atoms with Crippen LogP contribution in [-0.4, -0.2) is 63.6 Å². The van der Waals surface area contributed by atoms with Crippen molar-refractivity contribution >= 4 is 10.0 Å². The number of aryl methyl sites for hydroxylation is 1. The van der Waals surface area contributed by atoms with Crippen LogP contribution in [0.25, 0.3) is 0 Å². The molecule has 7 heteroatoms. The molecule has 0 spiro atoms. The quantitative estimate of drug-likeness (QED) is 0.739. The predicted octanol–water partition coefficient (Wildman–Crippen LogP) is 1.99. The Morgan fingerprint density at radius 2 is 2.12 bits per heavy atom. The van der Waals surface area contributed by atoms with Crippen molar-refractivity contribution in [1.82, 2.24) is 9.21 Å². The number of ether oxygens (including phenoxy) is 1. The Bertz CT molecular complexity index is 728. The first-order valence-corrected chi connectivity index (χ1v) is 10.1. The molecule has 0 bridgehead atoms. The summed E-state index contributed by atoms with van der Waals surface area (Å²) in [4.78, 5) is 2.59. The standard InChI is InChI=1S/C18H27N3O3S/c1-4-5-17-14-21(9-8-20(17)10-11-24-3)25(22,23)18-7-6-16(13-19)15(2)12-18/h6-7,12,17H,4-5,8-11,14H2,1-3H3. The van der Waals surface area contributed by atoms with E-state index in [-0.39, 0.29) is 10.9 Å². The van der Waals surface area contributed by atoms with Gasteiger partial charge in [-0.05, 0) is 37.1 Å². The van der Waals surface area contributed by atoms with Gasteiger partial charge in [-0.25, -0.2) is 8.42 Å². The van der Waals surface area contributed by atoms with Gasteiger partial charge in [-0.2, -0.15) is 9.57 Å². The summed E-state index contributed by atoms with van der Waals surface area (Å²) in [5.74, 6) is 0. The molecule has 0 radical (unpaired) electrons. The van der Waals surface area contributed by atoms with Gasteiger partial charge in [-0.1, -0.05) is 13.3 Å². The molecule has 1 aliphatic rings. The van der Waals surface area contributed by atoms with Gasteiger partial charge in [0.25, 0.3) is 0 Å². The lowest BCUT2D eigenvalue weighted by molar-refractivity contribution is 0.0757. The molecular formula is C18H27N3O3S. The van der Waals surface area contributed by atoms with Crippen LogP contribution in [0, 0.1) is 18.3 Å². The molecule has 1 atom stereocenters. The van der Waals surface area contributed by atoms with E-state index in [9.17, 15) is 8.42 Å². The molecule has 1 aromatic rings. The molecule has 25 heavy (non-hydrogen) atoms. The van der Waals surface area contributed by atoms with Gasteiger partial charge in [0.15, 0.2) is 0 Å². The third kappa shape index (κ3) is 4.59. The third-order valence-corrected chi connectivity index (χ3v) is 6.59. The number of nitrogens with zero attached hydrogens (tertiary/aromatic N) is 3. The van der Waals surface area contributed by atoms with Crippen LogP contribution in [-0.2, 0) is 14.8 Å². The number of piperazine rings is 1. The number of nitriles is 1. The summed E-state index contributed by atoms with van der Waals surface area (Å²) in [6.45, 7) is 7.05. The summed E-state index contributed by atoms with van der Waals surface area (Å²) in [7, 11) is -1.86. The summed E-state index contributed by atoms with van der Waals surface area (Å²) in [6.07, 6.45) is 1.97. The van der Waals surface area contributed by atoms with Crippen molar-refractivity contribution in [2.24, 2.45) is 0 Å². The van der Waals surface area contributed by atoms with Crippen molar-refractivity contribution in [2.45, 2.75) is 37.6 Å². The van der Waals surface area contributed by atoms with Crippen molar-refractivity contribution in [2.75, 3.05) is 39.9 Å². The first kappa shape index (κ1) is 19.9. The van der Waals surface area contributed by atoms with E-state index < -0.39 is 10.0 Å². The largest absolute Gasteiger partial charge is 0.383 e. The van der Waals surface area contributed by atoms with Gasteiger partial charge in [0.2, 0.25) is 10.0 Å². The molecule has 0 saturated carbocycles. The summed E-state index contributed by atoms with van der Waals surface area (Å²) in [5, 5.41) is 9.03. The van der Waals surface area contributed by atoms with Crippen LogP contribution in [0.4, 0.5) is 0 Å². The molecule has 1 fully saturated rings. The minimum Gasteiger partial charge on any atom is -0.383 e. The molecule has 6 nitrogen and oxygen atoms in total. The van der Waals surface area contributed by atoms with Crippen molar-refractivity contribution in [3.63, 3.8) is 0 Å². The Balaban J connectivity index is 2.20. The molecule has 1 aromatic carbocycles. The van der Waals surface area contributed by atoms with Gasteiger partial charge in [0.1, 0.15) is 0 Å². The zero-order chi connectivity index (χ0) is 18.4. The lowest BCUT2D eigenvalue weighted by Gasteiger charge is -2.40. The lowest BCUT2D eigenvalue weighted by Crippen LogP contribution is -2.55. The first-order valence-electron chi connectivity index (χ1n) is 8.68. The Morgan fingerprint density at radius 3 is 2.72 bits per heavy atom. The van der Waals surface area contributed by atoms with E-state index in [0.29, 0.717) is 37.4 Å². The molecule has 1 aliphatic heterocycles. The van der Waals surface area contributed by atoms with E-state index in [0.717, 1.165) is 19.4 Å². The minimum atomic E-state index is -3.54. The smallest absolute Gasteiger partial charge is 0.243 e. The summed E-state index contributed by atoms with van der Waals surface area (Å²) in [6, 6.07) is 7.00. The van der Waals surface area contributed by atoms with Crippen LogP contribution in [0.5, 0.6) is 0 Å². The predicted molar refractivity (Wildman–Crippen MR) is 96.8 cm³/mol. The molecule has 1 heterocycles. The molecule has 138 valence electrons. The van der Waals surface area contributed by atoms with E-state index in [1.807, 2.05) is 0 Å². The molecule has 0 aromatic heterocycles. The van der Waals surface area contributed by atoms with Crippen LogP contribution in [0.3, 0.4) is 0 Å². The van der Waals surface area contributed by atoms with E-state index in [2.05, 4.69) is 17.9 Å². The second kappa shape index (κ2) is 8.77. The fourth-order valence-electron chi connectivity index (χ4n) is 3.26. The number of hydrogen-bond donors (Lipinski definition) is 0. The van der Waals surface area contributed by atoms with Crippen molar-refractivity contribution < 1.29 is 13.2 Å². The molecular weight excluding hydrogens is 338 g/mol. The maximum atomic E-state index is 13.0. The van der Waals surface area contributed by atoms with E-state index in [4.69, 9.17) is 10.00 Å². The van der Waals surface area contributed by atoms with Crippen LogP contribution in [0.15, 0.2) is 23.1 Å². The molecule has 0 N–H and O–H groups in total. The Morgan fingerprint density at radius 1 is 1.36 bits per heavy atom. The number of hydrogen-bond acceptors (Lipinski definition) is 5. The maximum absolute atomic E-state index is 13.0. The molecule has 2 rings (SSSR count). The van der Waals surface area contributed by atoms with Gasteiger partial charge >= 0.3 is 0 Å². The highest BCUT2D eigenvalue weighted by Gasteiger charge is 2.33. The van der Waals surface area contributed by atoms with E-state index in [1.165, 1.54) is 6.07 Å².